The van der Waals surface area contributed by atoms with Crippen LogP contribution < -0.4 is 0 Å². The number of nitrogens with zero attached hydrogens (tertiary/aromatic N) is 2. The molecule has 1 spiro atoms. The molecule has 1 saturated heterocycles. The summed E-state index contributed by atoms with van der Waals surface area (Å²) in [6.45, 7) is 4.48. The summed E-state index contributed by atoms with van der Waals surface area (Å²) in [5, 5.41) is 9.22. The van der Waals surface area contributed by atoms with Crippen molar-refractivity contribution in [1.29, 1.82) is 5.26 Å². The van der Waals surface area contributed by atoms with Crippen LogP contribution in [-0.2, 0) is 16.0 Å². The molecule has 1 aromatic rings. The Hall–Kier alpha value is -1.41. The predicted molar refractivity (Wildman–Crippen MR) is 89.0 cm³/mol. The molecule has 1 aliphatic heterocycles. The maximum absolute atomic E-state index is 9.22. The summed E-state index contributed by atoms with van der Waals surface area (Å²) in [6.07, 6.45) is 5.33. The molecule has 1 heterocycles. The Morgan fingerprint density at radius 2 is 2.00 bits per heavy atom. The minimum Gasteiger partial charge on any atom is -0.382 e. The number of piperidine rings is 1. The van der Waals surface area contributed by atoms with Gasteiger partial charge in [0, 0.05) is 13.7 Å². The van der Waals surface area contributed by atoms with E-state index in [-0.39, 0.29) is 0 Å². The number of methoxy groups -OCH3 is 1. The van der Waals surface area contributed by atoms with Gasteiger partial charge in [0.25, 0.3) is 0 Å². The van der Waals surface area contributed by atoms with E-state index in [2.05, 4.69) is 17.0 Å². The first kappa shape index (κ1) is 16.4. The van der Waals surface area contributed by atoms with Crippen molar-refractivity contribution < 1.29 is 9.47 Å². The number of likely N-dealkylation sites (tertiary alicyclic amines) is 1. The normalized spacial score (nSPS) is 23.4. The van der Waals surface area contributed by atoms with Gasteiger partial charge in [0.05, 0.1) is 31.0 Å². The summed E-state index contributed by atoms with van der Waals surface area (Å²) in [7, 11) is 1.72. The predicted octanol–water partition coefficient (Wildman–Crippen LogP) is 2.97. The minimum absolute atomic E-state index is 0.402. The first-order chi connectivity index (χ1) is 11.3. The van der Waals surface area contributed by atoms with Gasteiger partial charge in [0.2, 0.25) is 0 Å². The van der Waals surface area contributed by atoms with Crippen molar-refractivity contribution in [3.63, 3.8) is 0 Å². The Balaban J connectivity index is 1.52. The third kappa shape index (κ3) is 3.58. The van der Waals surface area contributed by atoms with Gasteiger partial charge in [-0.05, 0) is 55.8 Å². The Morgan fingerprint density at radius 3 is 2.65 bits per heavy atom. The van der Waals surface area contributed by atoms with Crippen LogP contribution in [0.1, 0.15) is 36.8 Å². The van der Waals surface area contributed by atoms with E-state index in [4.69, 9.17) is 9.47 Å². The molecule has 4 heteroatoms. The van der Waals surface area contributed by atoms with E-state index >= 15 is 0 Å². The summed E-state index contributed by atoms with van der Waals surface area (Å²) in [6, 6.07) is 10.2. The van der Waals surface area contributed by atoms with Crippen LogP contribution >= 0.6 is 0 Å². The van der Waals surface area contributed by atoms with Crippen LogP contribution in [0.5, 0.6) is 0 Å². The lowest BCUT2D eigenvalue weighted by Crippen LogP contribution is -2.53. The minimum atomic E-state index is 0.402. The van der Waals surface area contributed by atoms with E-state index in [0.717, 1.165) is 30.8 Å². The van der Waals surface area contributed by atoms with Gasteiger partial charge in [0.1, 0.15) is 0 Å². The highest BCUT2D eigenvalue weighted by molar-refractivity contribution is 5.37. The second-order valence-electron chi connectivity index (χ2n) is 6.80. The molecule has 1 aromatic carbocycles. The fourth-order valence-electron chi connectivity index (χ4n) is 3.94. The van der Waals surface area contributed by atoms with Gasteiger partial charge in [-0.25, -0.2) is 0 Å². The molecule has 0 N–H and O–H groups in total. The number of hydrogen-bond acceptors (Lipinski definition) is 4. The van der Waals surface area contributed by atoms with Crippen molar-refractivity contribution in [3.05, 3.63) is 35.4 Å². The molecule has 3 rings (SSSR count). The lowest BCUT2D eigenvalue weighted by molar-refractivity contribution is -0.143. The molecule has 1 aliphatic carbocycles. The summed E-state index contributed by atoms with van der Waals surface area (Å²) < 4.78 is 11.1. The van der Waals surface area contributed by atoms with E-state index in [1.165, 1.54) is 25.7 Å². The van der Waals surface area contributed by atoms with Gasteiger partial charge in [0.15, 0.2) is 0 Å². The molecule has 23 heavy (non-hydrogen) atoms. The lowest BCUT2D eigenvalue weighted by atomic mass is 9.60. The molecule has 1 atom stereocenters. The Labute approximate surface area is 139 Å². The average molecular weight is 314 g/mol. The largest absolute Gasteiger partial charge is 0.382 e. The van der Waals surface area contributed by atoms with E-state index in [9.17, 15) is 5.26 Å². The van der Waals surface area contributed by atoms with Crippen LogP contribution in [0, 0.1) is 16.7 Å². The quantitative estimate of drug-likeness (QED) is 0.757. The molecule has 2 fully saturated rings. The van der Waals surface area contributed by atoms with Crippen molar-refractivity contribution in [3.8, 4) is 6.07 Å². The Morgan fingerprint density at radius 1 is 1.22 bits per heavy atom. The van der Waals surface area contributed by atoms with E-state index in [1.54, 1.807) is 7.11 Å². The van der Waals surface area contributed by atoms with Crippen LogP contribution in [0.3, 0.4) is 0 Å². The van der Waals surface area contributed by atoms with Crippen LogP contribution in [-0.4, -0.2) is 44.4 Å². The Bertz CT molecular complexity index is 559. The third-order valence-corrected chi connectivity index (χ3v) is 5.58. The van der Waals surface area contributed by atoms with Gasteiger partial charge in [-0.1, -0.05) is 18.2 Å². The summed E-state index contributed by atoms with van der Waals surface area (Å²) in [5.41, 5.74) is 2.35. The van der Waals surface area contributed by atoms with Gasteiger partial charge >= 0.3 is 0 Å². The van der Waals surface area contributed by atoms with Crippen molar-refractivity contribution in [2.75, 3.05) is 33.4 Å². The fraction of sp³-hybridized carbons (Fsp3) is 0.632. The van der Waals surface area contributed by atoms with Crippen molar-refractivity contribution in [1.82, 2.24) is 4.90 Å². The van der Waals surface area contributed by atoms with Gasteiger partial charge in [-0.2, -0.15) is 5.26 Å². The monoisotopic (exact) mass is 314 g/mol. The Kier molecular flexibility index (Phi) is 5.32. The number of benzene rings is 1. The van der Waals surface area contributed by atoms with Gasteiger partial charge < -0.3 is 9.47 Å². The van der Waals surface area contributed by atoms with E-state index in [1.807, 2.05) is 18.2 Å². The van der Waals surface area contributed by atoms with Gasteiger partial charge in [-0.3, -0.25) is 4.90 Å². The second-order valence-corrected chi connectivity index (χ2v) is 6.80. The average Bonchev–Trinajstić information content (AvgIpc) is 2.59. The van der Waals surface area contributed by atoms with E-state index in [0.29, 0.717) is 24.7 Å². The van der Waals surface area contributed by atoms with Crippen molar-refractivity contribution in [2.45, 2.75) is 38.3 Å². The molecule has 4 nitrogen and oxygen atoms in total. The standard InChI is InChI=1S/C19H26N2O2/c1-22-12-13-23-18-6-7-19(18)8-10-21(11-9-19)15-17-5-3-2-4-16(17)14-20/h2-5,18H,6-13,15H2,1H3. The molecule has 0 aromatic heterocycles. The molecule has 1 saturated carbocycles. The second kappa shape index (κ2) is 7.44. The summed E-state index contributed by atoms with van der Waals surface area (Å²) >= 11 is 0. The zero-order valence-corrected chi connectivity index (χ0v) is 14.0. The highest BCUT2D eigenvalue weighted by Crippen LogP contribution is 2.50. The highest BCUT2D eigenvalue weighted by atomic mass is 16.5. The van der Waals surface area contributed by atoms with Crippen LogP contribution in [0.4, 0.5) is 0 Å². The lowest BCUT2D eigenvalue weighted by Gasteiger charge is -2.53. The highest BCUT2D eigenvalue weighted by Gasteiger charge is 2.48. The number of rotatable bonds is 6. The summed E-state index contributed by atoms with van der Waals surface area (Å²) in [4.78, 5) is 2.48. The number of ether oxygens (including phenoxy) is 2. The maximum atomic E-state index is 9.22. The van der Waals surface area contributed by atoms with Crippen molar-refractivity contribution in [2.24, 2.45) is 5.41 Å². The molecule has 0 bridgehead atoms. The first-order valence-electron chi connectivity index (χ1n) is 8.58. The molecule has 124 valence electrons. The number of hydrogen-bond donors (Lipinski definition) is 0. The molecule has 0 amide bonds. The zero-order chi connectivity index (χ0) is 16.1. The molecule has 1 unspecified atom stereocenters. The fourth-order valence-corrected chi connectivity index (χ4v) is 3.94. The molecular weight excluding hydrogens is 288 g/mol. The molecule has 0 radical (unpaired) electrons. The smallest absolute Gasteiger partial charge is 0.0995 e. The SMILES string of the molecule is COCCOC1CCC12CCN(Cc1ccccc1C#N)CC2. The summed E-state index contributed by atoms with van der Waals surface area (Å²) in [5.74, 6) is 0. The van der Waals surface area contributed by atoms with Crippen molar-refractivity contribution >= 4 is 0 Å². The topological polar surface area (TPSA) is 45.5 Å². The van der Waals surface area contributed by atoms with Gasteiger partial charge in [-0.15, -0.1) is 0 Å². The molecular formula is C19H26N2O2. The van der Waals surface area contributed by atoms with Crippen LogP contribution in [0.15, 0.2) is 24.3 Å². The first-order valence-corrected chi connectivity index (χ1v) is 8.58. The van der Waals surface area contributed by atoms with E-state index < -0.39 is 0 Å². The molecule has 2 aliphatic rings. The third-order valence-electron chi connectivity index (χ3n) is 5.58. The van der Waals surface area contributed by atoms with Crippen LogP contribution in [0.2, 0.25) is 0 Å². The number of nitriles is 1. The zero-order valence-electron chi connectivity index (χ0n) is 14.0. The van der Waals surface area contributed by atoms with Crippen LogP contribution in [0.25, 0.3) is 0 Å². The maximum Gasteiger partial charge on any atom is 0.0995 e.